The molecule has 0 atom stereocenters. The van der Waals surface area contributed by atoms with Crippen LogP contribution < -0.4 is 23.4 Å². The maximum Gasteiger partial charge on any atom is 0.250 e. The first-order valence-corrected chi connectivity index (χ1v) is 13.7. The van der Waals surface area contributed by atoms with Gasteiger partial charge in [0.15, 0.2) is 34.5 Å². The second-order valence-electron chi connectivity index (χ2n) is 9.51. The van der Waals surface area contributed by atoms with E-state index in [9.17, 15) is 4.79 Å². The lowest BCUT2D eigenvalue weighted by atomic mass is 9.94. The smallest absolute Gasteiger partial charge is 0.250 e. The SMILES string of the molecule is COc1cc2c(cc1OC)-c1c(cc(OC)c(O[Si](C)(C)C(C)(C)C)c1OC)CCC2=O. The minimum atomic E-state index is -2.21. The molecule has 0 bridgehead atoms. The first-order chi connectivity index (χ1) is 15.0. The molecule has 0 unspecified atom stereocenters. The molecule has 2 aromatic carbocycles. The summed E-state index contributed by atoms with van der Waals surface area (Å²) in [6, 6.07) is 5.57. The zero-order valence-corrected chi connectivity index (χ0v) is 21.6. The maximum atomic E-state index is 13.0. The molecular formula is C25H34O6Si. The number of methoxy groups -OCH3 is 4. The van der Waals surface area contributed by atoms with E-state index in [1.54, 1.807) is 34.5 Å². The zero-order valence-electron chi connectivity index (χ0n) is 20.6. The van der Waals surface area contributed by atoms with Gasteiger partial charge in [0.2, 0.25) is 0 Å². The molecule has 7 heteroatoms. The van der Waals surface area contributed by atoms with E-state index in [1.165, 1.54) is 0 Å². The lowest BCUT2D eigenvalue weighted by Gasteiger charge is -2.37. The minimum absolute atomic E-state index is 0.0136. The van der Waals surface area contributed by atoms with Crippen molar-refractivity contribution in [3.05, 3.63) is 29.3 Å². The van der Waals surface area contributed by atoms with E-state index in [0.29, 0.717) is 47.2 Å². The molecule has 0 fully saturated rings. The van der Waals surface area contributed by atoms with Gasteiger partial charge < -0.3 is 23.4 Å². The summed E-state index contributed by atoms with van der Waals surface area (Å²) in [6.45, 7) is 10.9. The molecule has 0 heterocycles. The first-order valence-electron chi connectivity index (χ1n) is 10.8. The number of aryl methyl sites for hydroxylation is 1. The van der Waals surface area contributed by atoms with Crippen LogP contribution in [-0.4, -0.2) is 42.5 Å². The number of carbonyl (C=O) groups is 1. The lowest BCUT2D eigenvalue weighted by Crippen LogP contribution is -2.44. The topological polar surface area (TPSA) is 63.2 Å². The summed E-state index contributed by atoms with van der Waals surface area (Å²) in [4.78, 5) is 13.0. The fraction of sp³-hybridized carbons (Fsp3) is 0.480. The van der Waals surface area contributed by atoms with Crippen LogP contribution in [-0.2, 0) is 6.42 Å². The van der Waals surface area contributed by atoms with Crippen molar-refractivity contribution in [2.75, 3.05) is 28.4 Å². The van der Waals surface area contributed by atoms with Crippen LogP contribution in [0.3, 0.4) is 0 Å². The summed E-state index contributed by atoms with van der Waals surface area (Å²) in [7, 11) is 4.20. The third kappa shape index (κ3) is 4.06. The van der Waals surface area contributed by atoms with Crippen LogP contribution in [0.2, 0.25) is 18.1 Å². The van der Waals surface area contributed by atoms with Crippen LogP contribution in [0.15, 0.2) is 18.2 Å². The van der Waals surface area contributed by atoms with Gasteiger partial charge in [0, 0.05) is 23.1 Å². The Hall–Kier alpha value is -2.67. The first kappa shape index (κ1) is 24.0. The second kappa shape index (κ2) is 8.69. The normalized spacial score (nSPS) is 13.6. The number of rotatable bonds is 6. The average molecular weight is 459 g/mol. The molecule has 1 aliphatic rings. The fourth-order valence-electron chi connectivity index (χ4n) is 3.71. The molecule has 0 radical (unpaired) electrons. The van der Waals surface area contributed by atoms with Crippen molar-refractivity contribution in [1.29, 1.82) is 0 Å². The molecule has 174 valence electrons. The summed E-state index contributed by atoms with van der Waals surface area (Å²) in [5, 5.41) is -0.0136. The highest BCUT2D eigenvalue weighted by Gasteiger charge is 2.41. The van der Waals surface area contributed by atoms with E-state index in [-0.39, 0.29) is 10.8 Å². The number of ether oxygens (including phenoxy) is 4. The highest BCUT2D eigenvalue weighted by atomic mass is 28.4. The Kier molecular flexibility index (Phi) is 6.51. The number of hydrogen-bond donors (Lipinski definition) is 0. The zero-order chi connectivity index (χ0) is 23.8. The van der Waals surface area contributed by atoms with Gasteiger partial charge in [-0.05, 0) is 48.3 Å². The Morgan fingerprint density at radius 3 is 1.81 bits per heavy atom. The Labute approximate surface area is 191 Å². The number of Topliss-reactive ketones (excluding diaryl/α,β-unsaturated/α-hetero) is 1. The second-order valence-corrected chi connectivity index (χ2v) is 14.2. The van der Waals surface area contributed by atoms with E-state index in [4.69, 9.17) is 23.4 Å². The standard InChI is InChI=1S/C25H34O6Si/c1-25(2,3)32(8,9)31-23-21(29-6)12-15-10-11-18(26)16-13-19(27-4)20(28-5)14-17(16)22(15)24(23)30-7/h12-14H,10-11H2,1-9H3. The van der Waals surface area contributed by atoms with Crippen molar-refractivity contribution in [1.82, 2.24) is 0 Å². The van der Waals surface area contributed by atoms with Crippen molar-refractivity contribution in [2.24, 2.45) is 0 Å². The predicted molar refractivity (Wildman–Crippen MR) is 129 cm³/mol. The molecule has 32 heavy (non-hydrogen) atoms. The Morgan fingerprint density at radius 1 is 0.750 bits per heavy atom. The summed E-state index contributed by atoms with van der Waals surface area (Å²) in [5.74, 6) is 2.89. The fourth-order valence-corrected chi connectivity index (χ4v) is 4.72. The Balaban J connectivity index is 2.37. The molecule has 1 aliphatic carbocycles. The summed E-state index contributed by atoms with van der Waals surface area (Å²) in [6.07, 6.45) is 0.949. The molecule has 0 aromatic heterocycles. The number of ketones is 1. The average Bonchev–Trinajstić information content (AvgIpc) is 2.87. The Bertz CT molecular complexity index is 1040. The largest absolute Gasteiger partial charge is 0.539 e. The molecule has 0 aliphatic heterocycles. The van der Waals surface area contributed by atoms with Gasteiger partial charge in [-0.2, -0.15) is 0 Å². The van der Waals surface area contributed by atoms with Gasteiger partial charge >= 0.3 is 0 Å². The number of carbonyl (C=O) groups excluding carboxylic acids is 1. The molecule has 0 spiro atoms. The predicted octanol–water partition coefficient (Wildman–Crippen LogP) is 5.90. The summed E-state index contributed by atoms with van der Waals surface area (Å²) >= 11 is 0. The van der Waals surface area contributed by atoms with Crippen LogP contribution in [0.4, 0.5) is 0 Å². The maximum absolute atomic E-state index is 13.0. The number of hydrogen-bond acceptors (Lipinski definition) is 6. The van der Waals surface area contributed by atoms with Gasteiger partial charge in [-0.1, -0.05) is 20.8 Å². The quantitative estimate of drug-likeness (QED) is 0.502. The molecule has 0 amide bonds. The van der Waals surface area contributed by atoms with Crippen molar-refractivity contribution in [2.45, 2.75) is 51.7 Å². The van der Waals surface area contributed by atoms with Gasteiger partial charge in [0.25, 0.3) is 8.32 Å². The van der Waals surface area contributed by atoms with Crippen LogP contribution in [0, 0.1) is 0 Å². The van der Waals surface area contributed by atoms with Gasteiger partial charge in [0.1, 0.15) is 0 Å². The van der Waals surface area contributed by atoms with Crippen molar-refractivity contribution >= 4 is 14.1 Å². The van der Waals surface area contributed by atoms with Crippen molar-refractivity contribution in [3.8, 4) is 39.9 Å². The van der Waals surface area contributed by atoms with Gasteiger partial charge in [-0.3, -0.25) is 4.79 Å². The van der Waals surface area contributed by atoms with Crippen LogP contribution >= 0.6 is 0 Å². The van der Waals surface area contributed by atoms with Crippen LogP contribution in [0.5, 0.6) is 28.7 Å². The highest BCUT2D eigenvalue weighted by Crippen LogP contribution is 2.52. The number of benzene rings is 2. The summed E-state index contributed by atoms with van der Waals surface area (Å²) in [5.41, 5.74) is 3.15. The monoisotopic (exact) mass is 458 g/mol. The number of fused-ring (bicyclic) bond motifs is 3. The van der Waals surface area contributed by atoms with Crippen molar-refractivity contribution < 1.29 is 28.2 Å². The van der Waals surface area contributed by atoms with Crippen LogP contribution in [0.1, 0.15) is 43.1 Å². The molecular weight excluding hydrogens is 424 g/mol. The lowest BCUT2D eigenvalue weighted by molar-refractivity contribution is 0.0984. The van der Waals surface area contributed by atoms with E-state index >= 15 is 0 Å². The van der Waals surface area contributed by atoms with E-state index in [1.807, 2.05) is 12.1 Å². The van der Waals surface area contributed by atoms with Gasteiger partial charge in [0.05, 0.1) is 28.4 Å². The van der Waals surface area contributed by atoms with E-state index in [0.717, 1.165) is 16.7 Å². The Morgan fingerprint density at radius 2 is 1.31 bits per heavy atom. The van der Waals surface area contributed by atoms with Crippen LogP contribution in [0.25, 0.3) is 11.1 Å². The molecule has 0 saturated heterocycles. The van der Waals surface area contributed by atoms with Gasteiger partial charge in [-0.15, -0.1) is 0 Å². The molecule has 6 nitrogen and oxygen atoms in total. The van der Waals surface area contributed by atoms with E-state index < -0.39 is 8.32 Å². The molecule has 3 rings (SSSR count). The molecule has 0 N–H and O–H groups in total. The third-order valence-corrected chi connectivity index (χ3v) is 10.9. The van der Waals surface area contributed by atoms with Crippen molar-refractivity contribution in [3.63, 3.8) is 0 Å². The highest BCUT2D eigenvalue weighted by molar-refractivity contribution is 6.74. The molecule has 2 aromatic rings. The minimum Gasteiger partial charge on any atom is -0.539 e. The third-order valence-electron chi connectivity index (χ3n) is 6.59. The van der Waals surface area contributed by atoms with Gasteiger partial charge in [-0.25, -0.2) is 0 Å². The van der Waals surface area contributed by atoms with E-state index in [2.05, 4.69) is 33.9 Å². The summed E-state index contributed by atoms with van der Waals surface area (Å²) < 4.78 is 29.4. The molecule has 0 saturated carbocycles.